The Bertz CT molecular complexity index is 118. The topological polar surface area (TPSA) is 23.8 Å². The van der Waals surface area contributed by atoms with E-state index in [0.717, 1.165) is 19.3 Å². The number of unbranched alkanes of at least 4 members (excludes halogenated alkanes) is 1. The first-order valence-electron chi connectivity index (χ1n) is 3.33. The molecule has 0 saturated carbocycles. The molecule has 0 atom stereocenters. The Morgan fingerprint density at radius 1 is 1.45 bits per heavy atom. The maximum absolute atomic E-state index is 8.55. The van der Waals surface area contributed by atoms with Gasteiger partial charge in [-0.2, -0.15) is 5.26 Å². The van der Waals surface area contributed by atoms with Crippen LogP contribution in [0.15, 0.2) is 0 Å². The summed E-state index contributed by atoms with van der Waals surface area (Å²) < 4.78 is 0. The summed E-state index contributed by atoms with van der Waals surface area (Å²) in [5.74, 6) is 0. The molecule has 0 aromatic rings. The van der Waals surface area contributed by atoms with Gasteiger partial charge in [0.2, 0.25) is 0 Å². The molecular formula is C8H14BrNZn-. The Balaban J connectivity index is -0.000000320. The van der Waals surface area contributed by atoms with Gasteiger partial charge in [-0.05, 0) is 20.3 Å². The number of nitrogens with zero attached hydrogens (tertiary/aromatic N) is 1. The minimum absolute atomic E-state index is 0. The van der Waals surface area contributed by atoms with Crippen molar-refractivity contribution < 1.29 is 36.5 Å². The molecule has 3 heteroatoms. The van der Waals surface area contributed by atoms with Gasteiger partial charge in [-0.15, -0.1) is 0 Å². The van der Waals surface area contributed by atoms with E-state index in [0.29, 0.717) is 0 Å². The largest absolute Gasteiger partial charge is 1.00 e. The van der Waals surface area contributed by atoms with Gasteiger partial charge in [0.05, 0.1) is 11.5 Å². The third-order valence-corrected chi connectivity index (χ3v) is 1.35. The average Bonchev–Trinajstić information content (AvgIpc) is 1.84. The van der Waals surface area contributed by atoms with Crippen LogP contribution in [0, 0.1) is 23.7 Å². The van der Waals surface area contributed by atoms with Crippen molar-refractivity contribution in [1.29, 1.82) is 5.26 Å². The van der Waals surface area contributed by atoms with Crippen LogP contribution in [0.25, 0.3) is 0 Å². The van der Waals surface area contributed by atoms with Crippen LogP contribution in [0.1, 0.15) is 33.1 Å². The first kappa shape index (κ1) is 17.6. The van der Waals surface area contributed by atoms with Crippen molar-refractivity contribution in [3.8, 4) is 6.07 Å². The molecule has 0 unspecified atom stereocenters. The summed E-state index contributed by atoms with van der Waals surface area (Å²) in [7, 11) is 0. The minimum atomic E-state index is -0.141. The summed E-state index contributed by atoms with van der Waals surface area (Å²) in [6.07, 6.45) is 2.96. The SMILES string of the molecule is [Br-].[CH2]CCCC(C)(C)C#N.[Zn]. The minimum Gasteiger partial charge on any atom is -1.00 e. The molecule has 0 heterocycles. The third-order valence-electron chi connectivity index (χ3n) is 1.35. The van der Waals surface area contributed by atoms with Crippen molar-refractivity contribution in [1.82, 2.24) is 0 Å². The van der Waals surface area contributed by atoms with E-state index in [2.05, 4.69) is 13.0 Å². The Morgan fingerprint density at radius 2 is 1.91 bits per heavy atom. The molecule has 0 spiro atoms. The second kappa shape index (κ2) is 8.69. The van der Waals surface area contributed by atoms with E-state index in [9.17, 15) is 0 Å². The molecule has 0 rings (SSSR count). The molecule has 0 N–H and O–H groups in total. The van der Waals surface area contributed by atoms with Gasteiger partial charge < -0.3 is 17.0 Å². The molecule has 0 bridgehead atoms. The molecule has 0 aromatic carbocycles. The number of hydrogen-bond acceptors (Lipinski definition) is 1. The standard InChI is InChI=1S/C8H14N.BrH.Zn/c1-4-5-6-8(2,3)7-9;;/h1,4-6H2,2-3H3;1H;/p-1. The van der Waals surface area contributed by atoms with Crippen molar-refractivity contribution >= 4 is 0 Å². The zero-order valence-corrected chi connectivity index (χ0v) is 11.9. The summed E-state index contributed by atoms with van der Waals surface area (Å²) in [4.78, 5) is 0. The summed E-state index contributed by atoms with van der Waals surface area (Å²) >= 11 is 0. The van der Waals surface area contributed by atoms with Gasteiger partial charge in [0.15, 0.2) is 0 Å². The Hall–Kier alpha value is 0.593. The fourth-order valence-corrected chi connectivity index (χ4v) is 0.623. The molecule has 1 radical (unpaired) electrons. The molecule has 0 fully saturated rings. The fourth-order valence-electron chi connectivity index (χ4n) is 0.623. The normalized spacial score (nSPS) is 8.91. The Kier molecular flexibility index (Phi) is 13.9. The summed E-state index contributed by atoms with van der Waals surface area (Å²) in [6, 6.07) is 2.25. The second-order valence-corrected chi connectivity index (χ2v) is 2.95. The van der Waals surface area contributed by atoms with E-state index >= 15 is 0 Å². The van der Waals surface area contributed by atoms with Crippen molar-refractivity contribution in [3.63, 3.8) is 0 Å². The molecular weight excluding hydrogens is 255 g/mol. The molecule has 1 nitrogen and oxygen atoms in total. The number of rotatable bonds is 3. The predicted octanol–water partition coefficient (Wildman–Crippen LogP) is -0.458. The first-order valence-corrected chi connectivity index (χ1v) is 3.33. The fraction of sp³-hybridized carbons (Fsp3) is 0.750. The summed E-state index contributed by atoms with van der Waals surface area (Å²) in [6.45, 7) is 7.64. The van der Waals surface area contributed by atoms with E-state index in [-0.39, 0.29) is 41.9 Å². The zero-order chi connectivity index (χ0) is 7.33. The van der Waals surface area contributed by atoms with Crippen LogP contribution in [0.4, 0.5) is 0 Å². The predicted molar refractivity (Wildman–Crippen MR) is 38.6 cm³/mol. The van der Waals surface area contributed by atoms with Crippen LogP contribution in [0.2, 0.25) is 0 Å². The van der Waals surface area contributed by atoms with Crippen LogP contribution in [-0.4, -0.2) is 0 Å². The van der Waals surface area contributed by atoms with Crippen LogP contribution in [0.5, 0.6) is 0 Å². The van der Waals surface area contributed by atoms with E-state index in [1.165, 1.54) is 0 Å². The molecule has 0 aromatic heterocycles. The van der Waals surface area contributed by atoms with Crippen molar-refractivity contribution in [2.75, 3.05) is 0 Å². The molecule has 0 aliphatic carbocycles. The van der Waals surface area contributed by atoms with Gasteiger partial charge in [-0.25, -0.2) is 0 Å². The maximum Gasteiger partial charge on any atom is 0.0683 e. The monoisotopic (exact) mass is 267 g/mol. The quantitative estimate of drug-likeness (QED) is 0.636. The maximum atomic E-state index is 8.55. The van der Waals surface area contributed by atoms with Gasteiger partial charge in [0.25, 0.3) is 0 Å². The van der Waals surface area contributed by atoms with E-state index in [1.54, 1.807) is 0 Å². The molecule has 0 saturated heterocycles. The molecule has 0 amide bonds. The first-order chi connectivity index (χ1) is 4.12. The summed E-state index contributed by atoms with van der Waals surface area (Å²) in [5, 5.41) is 8.55. The van der Waals surface area contributed by atoms with Gasteiger partial charge >= 0.3 is 0 Å². The van der Waals surface area contributed by atoms with E-state index < -0.39 is 0 Å². The van der Waals surface area contributed by atoms with Crippen molar-refractivity contribution in [2.24, 2.45) is 5.41 Å². The van der Waals surface area contributed by atoms with E-state index in [1.807, 2.05) is 13.8 Å². The van der Waals surface area contributed by atoms with Crippen LogP contribution in [0.3, 0.4) is 0 Å². The second-order valence-electron chi connectivity index (χ2n) is 2.95. The Morgan fingerprint density at radius 3 is 2.18 bits per heavy atom. The van der Waals surface area contributed by atoms with Crippen LogP contribution >= 0.6 is 0 Å². The smallest absolute Gasteiger partial charge is 0.0683 e. The number of halogens is 1. The summed E-state index contributed by atoms with van der Waals surface area (Å²) in [5.41, 5.74) is -0.141. The Labute approximate surface area is 93.1 Å². The average molecular weight is 270 g/mol. The van der Waals surface area contributed by atoms with Gasteiger partial charge in [-0.1, -0.05) is 19.8 Å². The van der Waals surface area contributed by atoms with E-state index in [4.69, 9.17) is 5.26 Å². The molecule has 0 aliphatic rings. The number of nitriles is 1. The van der Waals surface area contributed by atoms with Crippen LogP contribution < -0.4 is 17.0 Å². The molecule has 11 heavy (non-hydrogen) atoms. The third kappa shape index (κ3) is 10.6. The number of hydrogen-bond donors (Lipinski definition) is 0. The van der Waals surface area contributed by atoms with Gasteiger partial charge in [-0.3, -0.25) is 0 Å². The van der Waals surface area contributed by atoms with Gasteiger partial charge in [0, 0.05) is 19.5 Å². The molecule has 0 aliphatic heterocycles. The van der Waals surface area contributed by atoms with Crippen molar-refractivity contribution in [2.45, 2.75) is 33.1 Å². The van der Waals surface area contributed by atoms with Gasteiger partial charge in [0.1, 0.15) is 0 Å². The zero-order valence-electron chi connectivity index (χ0n) is 7.36. The van der Waals surface area contributed by atoms with Crippen molar-refractivity contribution in [3.05, 3.63) is 6.92 Å². The molecule has 61 valence electrons. The van der Waals surface area contributed by atoms with Crippen LogP contribution in [-0.2, 0) is 19.5 Å².